The van der Waals surface area contributed by atoms with Crippen molar-refractivity contribution in [2.75, 3.05) is 0 Å². The highest BCUT2D eigenvalue weighted by atomic mass is 16.4. The van der Waals surface area contributed by atoms with Gasteiger partial charge in [-0.05, 0) is 24.3 Å². The number of carboxylic acid groups (broad SMARTS) is 2. The first-order valence-electron chi connectivity index (χ1n) is 4.85. The van der Waals surface area contributed by atoms with Crippen LogP contribution >= 0.6 is 0 Å². The molecule has 0 saturated heterocycles. The van der Waals surface area contributed by atoms with Gasteiger partial charge in [-0.3, -0.25) is 0 Å². The summed E-state index contributed by atoms with van der Waals surface area (Å²) in [6.45, 7) is 0. The Bertz CT molecular complexity index is 583. The Balaban J connectivity index is 2.53. The third-order valence-corrected chi connectivity index (χ3v) is 2.26. The first kappa shape index (κ1) is 11.6. The van der Waals surface area contributed by atoms with E-state index in [-0.39, 0.29) is 11.6 Å². The van der Waals surface area contributed by atoms with Crippen molar-refractivity contribution in [3.05, 3.63) is 35.7 Å². The summed E-state index contributed by atoms with van der Waals surface area (Å²) in [5, 5.41) is 26.8. The molecule has 18 heavy (non-hydrogen) atoms. The predicted molar refractivity (Wildman–Crippen MR) is 59.6 cm³/mol. The number of hydrogen-bond acceptors (Lipinski definition) is 4. The molecule has 0 unspecified atom stereocenters. The van der Waals surface area contributed by atoms with E-state index in [1.807, 2.05) is 0 Å². The fourth-order valence-electron chi connectivity index (χ4n) is 1.44. The smallest absolute Gasteiger partial charge is 0.357 e. The standard InChI is InChI=1S/C11H8N2O5/c14-6-3-1-5(2-4-6)9-12-7(10(15)16)8(13-9)11(17)18/h1-4,14H,(H,12,13)(H,15,16)(H,17,18). The van der Waals surface area contributed by atoms with Gasteiger partial charge in [-0.1, -0.05) is 0 Å². The molecule has 0 aliphatic rings. The fourth-order valence-corrected chi connectivity index (χ4v) is 1.44. The van der Waals surface area contributed by atoms with Crippen molar-refractivity contribution in [1.29, 1.82) is 0 Å². The molecule has 0 bridgehead atoms. The second kappa shape index (κ2) is 4.21. The zero-order valence-corrected chi connectivity index (χ0v) is 8.91. The number of benzene rings is 1. The van der Waals surface area contributed by atoms with Crippen molar-refractivity contribution >= 4 is 11.9 Å². The van der Waals surface area contributed by atoms with Crippen LogP contribution in [0.3, 0.4) is 0 Å². The summed E-state index contributed by atoms with van der Waals surface area (Å²) >= 11 is 0. The minimum absolute atomic E-state index is 0.0437. The number of aromatic amines is 1. The van der Waals surface area contributed by atoms with E-state index in [9.17, 15) is 9.59 Å². The number of nitrogens with zero attached hydrogens (tertiary/aromatic N) is 1. The Morgan fingerprint density at radius 1 is 1.06 bits per heavy atom. The number of phenols is 1. The van der Waals surface area contributed by atoms with E-state index < -0.39 is 23.3 Å². The van der Waals surface area contributed by atoms with Gasteiger partial charge in [-0.15, -0.1) is 0 Å². The highest BCUT2D eigenvalue weighted by Crippen LogP contribution is 2.21. The number of imidazole rings is 1. The molecule has 1 heterocycles. The molecule has 0 fully saturated rings. The molecular weight excluding hydrogens is 240 g/mol. The number of aromatic hydroxyl groups is 1. The normalized spacial score (nSPS) is 10.2. The average Bonchev–Trinajstić information content (AvgIpc) is 2.75. The molecule has 92 valence electrons. The van der Waals surface area contributed by atoms with Crippen LogP contribution in [0.4, 0.5) is 0 Å². The largest absolute Gasteiger partial charge is 0.508 e. The minimum atomic E-state index is -1.42. The minimum Gasteiger partial charge on any atom is -0.508 e. The molecule has 1 aromatic heterocycles. The molecule has 0 saturated carbocycles. The van der Waals surface area contributed by atoms with Gasteiger partial charge in [-0.2, -0.15) is 0 Å². The van der Waals surface area contributed by atoms with Gasteiger partial charge in [-0.25, -0.2) is 14.6 Å². The van der Waals surface area contributed by atoms with Gasteiger partial charge in [0.1, 0.15) is 11.6 Å². The summed E-state index contributed by atoms with van der Waals surface area (Å²) in [5.74, 6) is -2.66. The van der Waals surface area contributed by atoms with Crippen molar-refractivity contribution in [1.82, 2.24) is 9.97 Å². The van der Waals surface area contributed by atoms with Crippen LogP contribution in [0.25, 0.3) is 11.4 Å². The molecule has 0 amide bonds. The van der Waals surface area contributed by atoms with Crippen LogP contribution in [0.2, 0.25) is 0 Å². The number of aromatic nitrogens is 2. The lowest BCUT2D eigenvalue weighted by atomic mass is 10.2. The quantitative estimate of drug-likeness (QED) is 0.646. The summed E-state index contributed by atoms with van der Waals surface area (Å²) in [6, 6.07) is 5.76. The van der Waals surface area contributed by atoms with Gasteiger partial charge in [0.2, 0.25) is 0 Å². The summed E-state index contributed by atoms with van der Waals surface area (Å²) in [4.78, 5) is 27.8. The van der Waals surface area contributed by atoms with Crippen molar-refractivity contribution in [2.24, 2.45) is 0 Å². The Kier molecular flexibility index (Phi) is 2.72. The molecule has 2 rings (SSSR count). The second-order valence-corrected chi connectivity index (χ2v) is 3.47. The van der Waals surface area contributed by atoms with E-state index >= 15 is 0 Å². The number of nitrogens with one attached hydrogen (secondary N) is 1. The van der Waals surface area contributed by atoms with Crippen molar-refractivity contribution in [3.8, 4) is 17.1 Å². The molecule has 0 aliphatic heterocycles. The summed E-state index contributed by atoms with van der Waals surface area (Å²) in [6.07, 6.45) is 0. The van der Waals surface area contributed by atoms with E-state index in [1.54, 1.807) is 0 Å². The third kappa shape index (κ3) is 2.01. The third-order valence-electron chi connectivity index (χ3n) is 2.26. The number of hydrogen-bond donors (Lipinski definition) is 4. The molecule has 1 aromatic carbocycles. The summed E-state index contributed by atoms with van der Waals surface area (Å²) < 4.78 is 0. The maximum atomic E-state index is 10.9. The van der Waals surface area contributed by atoms with Gasteiger partial charge in [0.05, 0.1) is 0 Å². The van der Waals surface area contributed by atoms with E-state index in [2.05, 4.69) is 9.97 Å². The molecule has 0 atom stereocenters. The molecule has 0 radical (unpaired) electrons. The van der Waals surface area contributed by atoms with Gasteiger partial charge in [0.25, 0.3) is 0 Å². The van der Waals surface area contributed by atoms with Crippen LogP contribution in [-0.4, -0.2) is 37.2 Å². The van der Waals surface area contributed by atoms with Crippen molar-refractivity contribution < 1.29 is 24.9 Å². The van der Waals surface area contributed by atoms with Gasteiger partial charge in [0, 0.05) is 5.56 Å². The topological polar surface area (TPSA) is 124 Å². The number of phenolic OH excluding ortho intramolecular Hbond substituents is 1. The van der Waals surface area contributed by atoms with Crippen LogP contribution in [0.1, 0.15) is 21.0 Å². The zero-order valence-electron chi connectivity index (χ0n) is 8.91. The molecule has 0 spiro atoms. The monoisotopic (exact) mass is 248 g/mol. The lowest BCUT2D eigenvalue weighted by Gasteiger charge is -1.96. The van der Waals surface area contributed by atoms with E-state index in [1.165, 1.54) is 24.3 Å². The molecule has 2 aromatic rings. The van der Waals surface area contributed by atoms with Crippen LogP contribution in [-0.2, 0) is 0 Å². The second-order valence-electron chi connectivity index (χ2n) is 3.47. The number of rotatable bonds is 3. The molecular formula is C11H8N2O5. The number of carboxylic acids is 2. The first-order valence-corrected chi connectivity index (χ1v) is 4.85. The lowest BCUT2D eigenvalue weighted by molar-refractivity contribution is 0.0644. The van der Waals surface area contributed by atoms with Crippen LogP contribution in [0.15, 0.2) is 24.3 Å². The Morgan fingerprint density at radius 3 is 2.11 bits per heavy atom. The number of aromatic carboxylic acids is 2. The Labute approximate surface area is 100 Å². The van der Waals surface area contributed by atoms with Crippen LogP contribution in [0.5, 0.6) is 5.75 Å². The van der Waals surface area contributed by atoms with Crippen LogP contribution < -0.4 is 0 Å². The summed E-state index contributed by atoms with van der Waals surface area (Å²) in [7, 11) is 0. The first-order chi connectivity index (χ1) is 8.49. The van der Waals surface area contributed by atoms with E-state index in [0.717, 1.165) is 0 Å². The van der Waals surface area contributed by atoms with E-state index in [4.69, 9.17) is 15.3 Å². The highest BCUT2D eigenvalue weighted by molar-refractivity contribution is 5.99. The van der Waals surface area contributed by atoms with Gasteiger partial charge in [0.15, 0.2) is 11.4 Å². The molecule has 4 N–H and O–H groups in total. The predicted octanol–water partition coefficient (Wildman–Crippen LogP) is 1.18. The lowest BCUT2D eigenvalue weighted by Crippen LogP contribution is -2.07. The van der Waals surface area contributed by atoms with Gasteiger partial charge < -0.3 is 20.3 Å². The Morgan fingerprint density at radius 2 is 1.67 bits per heavy atom. The number of carbonyl (C=O) groups is 2. The SMILES string of the molecule is O=C(O)c1nc(-c2ccc(O)cc2)[nH]c1C(=O)O. The fraction of sp³-hybridized carbons (Fsp3) is 0. The number of H-pyrrole nitrogens is 1. The van der Waals surface area contributed by atoms with Crippen LogP contribution in [0, 0.1) is 0 Å². The molecule has 0 aliphatic carbocycles. The molecule has 7 nitrogen and oxygen atoms in total. The zero-order chi connectivity index (χ0) is 13.3. The summed E-state index contributed by atoms with van der Waals surface area (Å²) in [5.41, 5.74) is -0.557. The molecule has 7 heteroatoms. The maximum absolute atomic E-state index is 10.9. The van der Waals surface area contributed by atoms with E-state index in [0.29, 0.717) is 5.56 Å². The van der Waals surface area contributed by atoms with Gasteiger partial charge >= 0.3 is 11.9 Å². The van der Waals surface area contributed by atoms with Crippen molar-refractivity contribution in [3.63, 3.8) is 0 Å². The maximum Gasteiger partial charge on any atom is 0.357 e. The average molecular weight is 248 g/mol. The highest BCUT2D eigenvalue weighted by Gasteiger charge is 2.22. The Hall–Kier alpha value is -2.83. The van der Waals surface area contributed by atoms with Crippen molar-refractivity contribution in [2.45, 2.75) is 0 Å².